The predicted octanol–water partition coefficient (Wildman–Crippen LogP) is 4.05. The Labute approximate surface area is 120 Å². The zero-order valence-electron chi connectivity index (χ0n) is 9.68. The van der Waals surface area contributed by atoms with Crippen molar-refractivity contribution in [3.8, 4) is 0 Å². The summed E-state index contributed by atoms with van der Waals surface area (Å²) < 4.78 is 0. The molecular weight excluding hydrogens is 285 g/mol. The molecule has 5 heteroatoms. The molecule has 0 fully saturated rings. The molecule has 0 heterocycles. The van der Waals surface area contributed by atoms with Gasteiger partial charge in [0.1, 0.15) is 0 Å². The molecule has 19 heavy (non-hydrogen) atoms. The first-order valence-electron chi connectivity index (χ1n) is 5.40. The van der Waals surface area contributed by atoms with Crippen LogP contribution in [0.25, 0.3) is 0 Å². The SMILES string of the molecule is O=C(C(=NO)c1ccc(Cl)cc1)c1ccc(Cl)cc1. The van der Waals surface area contributed by atoms with Gasteiger partial charge >= 0.3 is 0 Å². The summed E-state index contributed by atoms with van der Waals surface area (Å²) >= 11 is 11.5. The predicted molar refractivity (Wildman–Crippen MR) is 75.6 cm³/mol. The fraction of sp³-hybridized carbons (Fsp3) is 0. The number of Topliss-reactive ketones (excluding diaryl/α,β-unsaturated/α-hetero) is 1. The number of hydrogen-bond donors (Lipinski definition) is 1. The molecule has 0 atom stereocenters. The fourth-order valence-corrected chi connectivity index (χ4v) is 1.83. The Morgan fingerprint density at radius 3 is 1.68 bits per heavy atom. The van der Waals surface area contributed by atoms with Gasteiger partial charge in [-0.25, -0.2) is 0 Å². The molecule has 0 aliphatic carbocycles. The van der Waals surface area contributed by atoms with Gasteiger partial charge in [-0.3, -0.25) is 4.79 Å². The van der Waals surface area contributed by atoms with Gasteiger partial charge in [0.25, 0.3) is 0 Å². The van der Waals surface area contributed by atoms with Crippen LogP contribution in [0.1, 0.15) is 15.9 Å². The smallest absolute Gasteiger partial charge is 0.215 e. The average molecular weight is 294 g/mol. The molecule has 2 rings (SSSR count). The molecule has 0 aliphatic heterocycles. The van der Waals surface area contributed by atoms with Crippen LogP contribution in [0.2, 0.25) is 10.0 Å². The van der Waals surface area contributed by atoms with Crippen LogP contribution in [0.3, 0.4) is 0 Å². The molecular formula is C14H9Cl2NO2. The lowest BCUT2D eigenvalue weighted by molar-refractivity contribution is 0.106. The van der Waals surface area contributed by atoms with Crippen molar-refractivity contribution in [3.63, 3.8) is 0 Å². The first-order chi connectivity index (χ1) is 9.11. The molecule has 96 valence electrons. The summed E-state index contributed by atoms with van der Waals surface area (Å²) in [6.07, 6.45) is 0. The fourth-order valence-electron chi connectivity index (χ4n) is 1.58. The monoisotopic (exact) mass is 293 g/mol. The Hall–Kier alpha value is -1.84. The molecule has 2 aromatic carbocycles. The van der Waals surface area contributed by atoms with Crippen molar-refractivity contribution in [1.29, 1.82) is 0 Å². The Bertz CT molecular complexity index is 619. The number of oxime groups is 1. The van der Waals surface area contributed by atoms with E-state index in [1.807, 2.05) is 0 Å². The molecule has 0 spiro atoms. The van der Waals surface area contributed by atoms with Crippen molar-refractivity contribution in [2.24, 2.45) is 5.16 Å². The van der Waals surface area contributed by atoms with E-state index in [1.165, 1.54) is 0 Å². The Morgan fingerprint density at radius 2 is 1.26 bits per heavy atom. The van der Waals surface area contributed by atoms with E-state index in [1.54, 1.807) is 48.5 Å². The first kappa shape index (κ1) is 13.6. The average Bonchev–Trinajstić information content (AvgIpc) is 2.42. The van der Waals surface area contributed by atoms with Crippen LogP contribution in [0.5, 0.6) is 0 Å². The minimum absolute atomic E-state index is 0.0426. The van der Waals surface area contributed by atoms with Crippen LogP contribution in [0.15, 0.2) is 53.7 Å². The number of hydrogen-bond acceptors (Lipinski definition) is 3. The summed E-state index contributed by atoms with van der Waals surface area (Å²) in [6.45, 7) is 0. The first-order valence-corrected chi connectivity index (χ1v) is 6.15. The molecule has 0 radical (unpaired) electrons. The summed E-state index contributed by atoms with van der Waals surface area (Å²) in [6, 6.07) is 12.8. The maximum Gasteiger partial charge on any atom is 0.215 e. The standard InChI is InChI=1S/C14H9Cl2NO2/c15-11-5-1-9(2-6-11)13(17-19)14(18)10-3-7-12(16)8-4-10/h1-8,19H. The van der Waals surface area contributed by atoms with E-state index in [-0.39, 0.29) is 11.5 Å². The highest BCUT2D eigenvalue weighted by Crippen LogP contribution is 2.15. The van der Waals surface area contributed by atoms with Crippen LogP contribution in [0, 0.1) is 0 Å². The summed E-state index contributed by atoms with van der Waals surface area (Å²) in [4.78, 5) is 12.2. The number of halogens is 2. The summed E-state index contributed by atoms with van der Waals surface area (Å²) in [5, 5.41) is 13.2. The van der Waals surface area contributed by atoms with Crippen LogP contribution in [-0.2, 0) is 0 Å². The van der Waals surface area contributed by atoms with E-state index < -0.39 is 0 Å². The molecule has 0 saturated heterocycles. The number of rotatable bonds is 3. The van der Waals surface area contributed by atoms with Crippen molar-refractivity contribution in [2.45, 2.75) is 0 Å². The highest BCUT2D eigenvalue weighted by atomic mass is 35.5. The lowest BCUT2D eigenvalue weighted by Gasteiger charge is -2.04. The molecule has 0 saturated carbocycles. The second-order valence-corrected chi connectivity index (χ2v) is 4.66. The zero-order chi connectivity index (χ0) is 13.8. The minimum Gasteiger partial charge on any atom is -0.410 e. The van der Waals surface area contributed by atoms with E-state index in [0.717, 1.165) is 0 Å². The Balaban J connectivity index is 2.35. The molecule has 0 aliphatic rings. The normalized spacial score (nSPS) is 11.4. The van der Waals surface area contributed by atoms with E-state index >= 15 is 0 Å². The molecule has 3 nitrogen and oxygen atoms in total. The summed E-state index contributed by atoms with van der Waals surface area (Å²) in [5.41, 5.74) is 0.845. The van der Waals surface area contributed by atoms with Gasteiger partial charge in [-0.1, -0.05) is 40.5 Å². The third kappa shape index (κ3) is 3.13. The Morgan fingerprint density at radius 1 is 0.842 bits per heavy atom. The van der Waals surface area contributed by atoms with Gasteiger partial charge in [0.05, 0.1) is 0 Å². The number of nitrogens with zero attached hydrogens (tertiary/aromatic N) is 1. The van der Waals surface area contributed by atoms with Crippen molar-refractivity contribution >= 4 is 34.7 Å². The van der Waals surface area contributed by atoms with Gasteiger partial charge in [-0.05, 0) is 36.4 Å². The van der Waals surface area contributed by atoms with Crippen LogP contribution < -0.4 is 0 Å². The largest absolute Gasteiger partial charge is 0.410 e. The number of benzene rings is 2. The lowest BCUT2D eigenvalue weighted by atomic mass is 10.0. The topological polar surface area (TPSA) is 49.7 Å². The maximum atomic E-state index is 12.2. The summed E-state index contributed by atoms with van der Waals surface area (Å²) in [5.74, 6) is -0.388. The van der Waals surface area contributed by atoms with Crippen LogP contribution >= 0.6 is 23.2 Å². The Kier molecular flexibility index (Phi) is 4.20. The van der Waals surface area contributed by atoms with Crippen molar-refractivity contribution < 1.29 is 10.0 Å². The third-order valence-electron chi connectivity index (χ3n) is 2.54. The van der Waals surface area contributed by atoms with E-state index in [9.17, 15) is 4.79 Å². The van der Waals surface area contributed by atoms with Crippen LogP contribution in [-0.4, -0.2) is 16.7 Å². The van der Waals surface area contributed by atoms with E-state index in [4.69, 9.17) is 28.4 Å². The zero-order valence-corrected chi connectivity index (χ0v) is 11.2. The van der Waals surface area contributed by atoms with Crippen LogP contribution in [0.4, 0.5) is 0 Å². The third-order valence-corrected chi connectivity index (χ3v) is 3.04. The quantitative estimate of drug-likeness (QED) is 0.402. The maximum absolute atomic E-state index is 12.2. The highest BCUT2D eigenvalue weighted by molar-refractivity contribution is 6.51. The van der Waals surface area contributed by atoms with Gasteiger partial charge in [-0.15, -0.1) is 0 Å². The molecule has 0 amide bonds. The van der Waals surface area contributed by atoms with Gasteiger partial charge in [0.2, 0.25) is 5.78 Å². The van der Waals surface area contributed by atoms with E-state index in [2.05, 4.69) is 5.16 Å². The van der Waals surface area contributed by atoms with Crippen molar-refractivity contribution in [1.82, 2.24) is 0 Å². The second kappa shape index (κ2) is 5.87. The molecule has 0 aromatic heterocycles. The van der Waals surface area contributed by atoms with E-state index in [0.29, 0.717) is 21.2 Å². The number of ketones is 1. The second-order valence-electron chi connectivity index (χ2n) is 3.79. The number of carbonyl (C=O) groups is 1. The molecule has 2 aromatic rings. The molecule has 0 bridgehead atoms. The highest BCUT2D eigenvalue weighted by Gasteiger charge is 2.16. The van der Waals surface area contributed by atoms with Gasteiger partial charge in [0, 0.05) is 21.2 Å². The van der Waals surface area contributed by atoms with Gasteiger partial charge < -0.3 is 5.21 Å². The van der Waals surface area contributed by atoms with Gasteiger partial charge in [-0.2, -0.15) is 0 Å². The molecule has 0 unspecified atom stereocenters. The van der Waals surface area contributed by atoms with Crippen molar-refractivity contribution in [3.05, 3.63) is 69.7 Å². The number of carbonyl (C=O) groups excluding carboxylic acids is 1. The van der Waals surface area contributed by atoms with Gasteiger partial charge in [0.15, 0.2) is 5.71 Å². The summed E-state index contributed by atoms with van der Waals surface area (Å²) in [7, 11) is 0. The van der Waals surface area contributed by atoms with Crippen molar-refractivity contribution in [2.75, 3.05) is 0 Å². The lowest BCUT2D eigenvalue weighted by Crippen LogP contribution is -2.15. The molecule has 1 N–H and O–H groups in total. The minimum atomic E-state index is -0.388.